The van der Waals surface area contributed by atoms with Crippen molar-refractivity contribution in [1.82, 2.24) is 5.32 Å². The Morgan fingerprint density at radius 1 is 1.00 bits per heavy atom. The minimum absolute atomic E-state index is 0.471. The molecule has 0 amide bonds. The smallest absolute Gasteiger partial charge is 0.105 e. The summed E-state index contributed by atoms with van der Waals surface area (Å²) in [6.07, 6.45) is 14.1. The number of hydrogen-bond donors (Lipinski definition) is 1. The third-order valence-corrected chi connectivity index (χ3v) is 4.07. The van der Waals surface area contributed by atoms with E-state index in [0.29, 0.717) is 6.04 Å². The highest BCUT2D eigenvalue weighted by Gasteiger charge is 2.14. The summed E-state index contributed by atoms with van der Waals surface area (Å²) in [6.45, 7) is 7.54. The molecule has 1 heterocycles. The van der Waals surface area contributed by atoms with Crippen molar-refractivity contribution in [3.8, 4) is 0 Å². The van der Waals surface area contributed by atoms with Gasteiger partial charge in [0, 0.05) is 11.6 Å². The number of nitrogens with one attached hydrogen (secondary N) is 1. The Hall–Kier alpha value is -0.760. The number of aryl methyl sites for hydroxylation is 1. The van der Waals surface area contributed by atoms with Crippen molar-refractivity contribution < 1.29 is 4.42 Å². The Balaban J connectivity index is 2.16. The summed E-state index contributed by atoms with van der Waals surface area (Å²) < 4.78 is 5.43. The third-order valence-electron chi connectivity index (χ3n) is 4.07. The predicted molar refractivity (Wildman–Crippen MR) is 87.1 cm³/mol. The fourth-order valence-electron chi connectivity index (χ4n) is 2.85. The maximum atomic E-state index is 5.43. The van der Waals surface area contributed by atoms with Gasteiger partial charge in [-0.3, -0.25) is 0 Å². The van der Waals surface area contributed by atoms with Crippen LogP contribution < -0.4 is 5.32 Å². The molecule has 0 aliphatic rings. The zero-order valence-corrected chi connectivity index (χ0v) is 13.7. The van der Waals surface area contributed by atoms with E-state index in [-0.39, 0.29) is 0 Å². The molecule has 1 rings (SSSR count). The summed E-state index contributed by atoms with van der Waals surface area (Å²) in [6, 6.07) is 2.59. The zero-order chi connectivity index (χ0) is 14.6. The molecule has 0 spiro atoms. The van der Waals surface area contributed by atoms with Gasteiger partial charge < -0.3 is 9.73 Å². The van der Waals surface area contributed by atoms with Gasteiger partial charge in [-0.1, -0.05) is 65.2 Å². The van der Waals surface area contributed by atoms with Crippen molar-refractivity contribution in [1.29, 1.82) is 0 Å². The molecule has 0 aromatic carbocycles. The normalized spacial score (nSPS) is 12.8. The van der Waals surface area contributed by atoms with Crippen LogP contribution >= 0.6 is 0 Å². The van der Waals surface area contributed by atoms with Crippen LogP contribution in [0.5, 0.6) is 0 Å². The maximum absolute atomic E-state index is 5.43. The van der Waals surface area contributed by atoms with Gasteiger partial charge in [0.2, 0.25) is 0 Å². The van der Waals surface area contributed by atoms with E-state index in [0.717, 1.165) is 12.3 Å². The van der Waals surface area contributed by atoms with Crippen molar-refractivity contribution in [3.63, 3.8) is 0 Å². The fraction of sp³-hybridized carbons (Fsp3) is 0.778. The fourth-order valence-corrected chi connectivity index (χ4v) is 2.85. The van der Waals surface area contributed by atoms with Crippen LogP contribution in [-0.4, -0.2) is 6.54 Å². The average molecular weight is 279 g/mol. The molecular weight excluding hydrogens is 246 g/mol. The van der Waals surface area contributed by atoms with Gasteiger partial charge in [0.15, 0.2) is 0 Å². The summed E-state index contributed by atoms with van der Waals surface area (Å²) in [5.74, 6) is 1.07. The van der Waals surface area contributed by atoms with E-state index >= 15 is 0 Å². The highest BCUT2D eigenvalue weighted by Crippen LogP contribution is 2.24. The van der Waals surface area contributed by atoms with E-state index in [2.05, 4.69) is 32.2 Å². The minimum Gasteiger partial charge on any atom is -0.469 e. The number of furan rings is 1. The van der Waals surface area contributed by atoms with Crippen LogP contribution in [0.1, 0.15) is 89.0 Å². The van der Waals surface area contributed by atoms with Crippen LogP contribution in [0.3, 0.4) is 0 Å². The van der Waals surface area contributed by atoms with E-state index in [1.807, 2.05) is 6.26 Å². The summed E-state index contributed by atoms with van der Waals surface area (Å²) >= 11 is 0. The summed E-state index contributed by atoms with van der Waals surface area (Å²) in [5, 5.41) is 3.58. The van der Waals surface area contributed by atoms with E-state index in [4.69, 9.17) is 4.42 Å². The Bertz CT molecular complexity index is 332. The first-order valence-corrected chi connectivity index (χ1v) is 8.57. The minimum atomic E-state index is 0.471. The Labute approximate surface area is 125 Å². The average Bonchev–Trinajstić information content (AvgIpc) is 2.87. The second-order valence-electron chi connectivity index (χ2n) is 5.81. The molecule has 0 saturated heterocycles. The quantitative estimate of drug-likeness (QED) is 0.491. The molecule has 1 atom stereocenters. The summed E-state index contributed by atoms with van der Waals surface area (Å²) in [4.78, 5) is 0. The van der Waals surface area contributed by atoms with Crippen molar-refractivity contribution >= 4 is 0 Å². The second-order valence-corrected chi connectivity index (χ2v) is 5.81. The SMILES string of the molecule is CCCCCCCCCCC(NCC)c1ccoc1C. The van der Waals surface area contributed by atoms with Crippen LogP contribution in [0.4, 0.5) is 0 Å². The Kier molecular flexibility index (Phi) is 9.48. The zero-order valence-electron chi connectivity index (χ0n) is 13.7. The largest absolute Gasteiger partial charge is 0.469 e. The lowest BCUT2D eigenvalue weighted by Gasteiger charge is -2.17. The van der Waals surface area contributed by atoms with Crippen LogP contribution in [0.25, 0.3) is 0 Å². The molecular formula is C18H33NO. The highest BCUT2D eigenvalue weighted by molar-refractivity contribution is 5.20. The van der Waals surface area contributed by atoms with Gasteiger partial charge in [-0.15, -0.1) is 0 Å². The van der Waals surface area contributed by atoms with Crippen LogP contribution in [0, 0.1) is 6.92 Å². The standard InChI is InChI=1S/C18H33NO/c1-4-6-7-8-9-10-11-12-13-18(19-5-2)17-14-15-20-16(17)3/h14-15,18-19H,4-13H2,1-3H3. The molecule has 0 radical (unpaired) electrons. The molecule has 0 saturated carbocycles. The third kappa shape index (κ3) is 6.60. The highest BCUT2D eigenvalue weighted by atomic mass is 16.3. The summed E-state index contributed by atoms with van der Waals surface area (Å²) in [5.41, 5.74) is 1.34. The number of hydrogen-bond acceptors (Lipinski definition) is 2. The van der Waals surface area contributed by atoms with Crippen molar-refractivity contribution in [2.75, 3.05) is 6.54 Å². The first-order valence-electron chi connectivity index (χ1n) is 8.57. The molecule has 1 aromatic rings. The van der Waals surface area contributed by atoms with Gasteiger partial charge in [0.1, 0.15) is 5.76 Å². The van der Waals surface area contributed by atoms with Crippen LogP contribution in [-0.2, 0) is 0 Å². The number of rotatable bonds is 12. The number of unbranched alkanes of at least 4 members (excludes halogenated alkanes) is 7. The van der Waals surface area contributed by atoms with E-state index in [1.54, 1.807) is 0 Å². The molecule has 116 valence electrons. The maximum Gasteiger partial charge on any atom is 0.105 e. The van der Waals surface area contributed by atoms with Crippen LogP contribution in [0.15, 0.2) is 16.7 Å². The Morgan fingerprint density at radius 2 is 1.65 bits per heavy atom. The summed E-state index contributed by atoms with van der Waals surface area (Å²) in [7, 11) is 0. The molecule has 1 aromatic heterocycles. The van der Waals surface area contributed by atoms with E-state index in [1.165, 1.54) is 63.4 Å². The first-order chi connectivity index (χ1) is 9.79. The molecule has 2 nitrogen and oxygen atoms in total. The molecule has 0 bridgehead atoms. The van der Waals surface area contributed by atoms with Crippen molar-refractivity contribution in [3.05, 3.63) is 23.7 Å². The monoisotopic (exact) mass is 279 g/mol. The Morgan fingerprint density at radius 3 is 2.20 bits per heavy atom. The molecule has 1 unspecified atom stereocenters. The van der Waals surface area contributed by atoms with Gasteiger partial charge in [0.05, 0.1) is 6.26 Å². The molecule has 1 N–H and O–H groups in total. The van der Waals surface area contributed by atoms with Gasteiger partial charge in [-0.2, -0.15) is 0 Å². The molecule has 0 fully saturated rings. The lowest BCUT2D eigenvalue weighted by atomic mass is 10.00. The topological polar surface area (TPSA) is 25.2 Å². The van der Waals surface area contributed by atoms with Gasteiger partial charge in [-0.25, -0.2) is 0 Å². The molecule has 2 heteroatoms. The predicted octanol–water partition coefficient (Wildman–Crippen LogP) is 5.77. The molecule has 0 aliphatic heterocycles. The van der Waals surface area contributed by atoms with E-state index in [9.17, 15) is 0 Å². The van der Waals surface area contributed by atoms with Gasteiger partial charge in [-0.05, 0) is 26.0 Å². The molecule has 0 aliphatic carbocycles. The van der Waals surface area contributed by atoms with Crippen molar-refractivity contribution in [2.45, 2.75) is 84.6 Å². The lowest BCUT2D eigenvalue weighted by molar-refractivity contribution is 0.460. The lowest BCUT2D eigenvalue weighted by Crippen LogP contribution is -2.21. The molecule has 20 heavy (non-hydrogen) atoms. The van der Waals surface area contributed by atoms with Gasteiger partial charge >= 0.3 is 0 Å². The van der Waals surface area contributed by atoms with Crippen molar-refractivity contribution in [2.24, 2.45) is 0 Å². The second kappa shape index (κ2) is 11.0. The van der Waals surface area contributed by atoms with Gasteiger partial charge in [0.25, 0.3) is 0 Å². The van der Waals surface area contributed by atoms with Crippen LogP contribution in [0.2, 0.25) is 0 Å². The van der Waals surface area contributed by atoms with E-state index < -0.39 is 0 Å². The first kappa shape index (κ1) is 17.3.